The van der Waals surface area contributed by atoms with Crippen molar-refractivity contribution >= 4 is 5.97 Å². The molecule has 0 spiro atoms. The summed E-state index contributed by atoms with van der Waals surface area (Å²) in [6.07, 6.45) is 2.09. The average molecular weight is 278 g/mol. The fourth-order valence-electron chi connectivity index (χ4n) is 2.14. The molecule has 3 nitrogen and oxygen atoms in total. The second-order valence-corrected chi connectivity index (χ2v) is 6.42. The molecule has 0 atom stereocenters. The lowest BCUT2D eigenvalue weighted by Gasteiger charge is -2.21. The van der Waals surface area contributed by atoms with E-state index in [0.29, 0.717) is 18.3 Å². The Labute approximate surface area is 122 Å². The van der Waals surface area contributed by atoms with E-state index in [1.54, 1.807) is 6.07 Å². The molecule has 20 heavy (non-hydrogen) atoms. The van der Waals surface area contributed by atoms with Crippen molar-refractivity contribution in [1.82, 2.24) is 0 Å². The van der Waals surface area contributed by atoms with Crippen LogP contribution in [-0.4, -0.2) is 17.7 Å². The number of aromatic carboxylic acids is 1. The highest BCUT2D eigenvalue weighted by Gasteiger charge is 2.18. The fourth-order valence-corrected chi connectivity index (χ4v) is 2.14. The Hall–Kier alpha value is -1.51. The van der Waals surface area contributed by atoms with E-state index in [-0.39, 0.29) is 11.0 Å². The molecule has 0 aromatic heterocycles. The van der Waals surface area contributed by atoms with Crippen LogP contribution < -0.4 is 4.74 Å². The van der Waals surface area contributed by atoms with Crippen molar-refractivity contribution in [3.63, 3.8) is 0 Å². The maximum Gasteiger partial charge on any atom is 0.339 e. The molecule has 0 amide bonds. The first kappa shape index (κ1) is 16.5. The van der Waals surface area contributed by atoms with Crippen molar-refractivity contribution in [3.05, 3.63) is 29.3 Å². The van der Waals surface area contributed by atoms with Crippen LogP contribution in [0.5, 0.6) is 5.75 Å². The molecule has 0 aliphatic carbocycles. The Morgan fingerprint density at radius 3 is 2.30 bits per heavy atom. The lowest BCUT2D eigenvalue weighted by molar-refractivity contribution is 0.0689. The minimum absolute atomic E-state index is 0.000687. The maximum absolute atomic E-state index is 11.3. The third-order valence-electron chi connectivity index (χ3n) is 3.35. The van der Waals surface area contributed by atoms with Gasteiger partial charge in [0.2, 0.25) is 0 Å². The summed E-state index contributed by atoms with van der Waals surface area (Å²) in [6.45, 7) is 11.0. The van der Waals surface area contributed by atoms with Crippen LogP contribution in [0, 0.1) is 5.41 Å². The molecule has 1 rings (SSSR count). The van der Waals surface area contributed by atoms with E-state index in [0.717, 1.165) is 18.4 Å². The van der Waals surface area contributed by atoms with Crippen LogP contribution >= 0.6 is 0 Å². The first-order valence-electron chi connectivity index (χ1n) is 7.28. The predicted octanol–water partition coefficient (Wildman–Crippen LogP) is 4.71. The third kappa shape index (κ3) is 4.55. The van der Waals surface area contributed by atoms with Crippen molar-refractivity contribution in [2.24, 2.45) is 5.41 Å². The zero-order valence-electron chi connectivity index (χ0n) is 13.2. The highest BCUT2D eigenvalue weighted by Crippen LogP contribution is 2.30. The van der Waals surface area contributed by atoms with E-state index in [9.17, 15) is 9.90 Å². The average Bonchev–Trinajstić information content (AvgIpc) is 2.37. The van der Waals surface area contributed by atoms with E-state index in [1.807, 2.05) is 12.1 Å². The monoisotopic (exact) mass is 278 g/mol. The molecule has 0 aliphatic rings. The first-order valence-corrected chi connectivity index (χ1v) is 7.28. The standard InChI is InChI=1S/C17H26O3/c1-6-12(7-2)13-8-9-14(16(18)19)15(10-13)20-11-17(3,4)5/h8-10,12H,6-7,11H2,1-5H3,(H,18,19). The Morgan fingerprint density at radius 1 is 1.25 bits per heavy atom. The van der Waals surface area contributed by atoms with Gasteiger partial charge in [0, 0.05) is 0 Å². The molecule has 0 radical (unpaired) electrons. The maximum atomic E-state index is 11.3. The van der Waals surface area contributed by atoms with Crippen LogP contribution in [0.25, 0.3) is 0 Å². The van der Waals surface area contributed by atoms with Crippen LogP contribution in [-0.2, 0) is 0 Å². The van der Waals surface area contributed by atoms with Crippen molar-refractivity contribution < 1.29 is 14.6 Å². The van der Waals surface area contributed by atoms with Crippen molar-refractivity contribution in [1.29, 1.82) is 0 Å². The van der Waals surface area contributed by atoms with Crippen LogP contribution in [0.3, 0.4) is 0 Å². The normalized spacial score (nSPS) is 11.7. The van der Waals surface area contributed by atoms with Crippen molar-refractivity contribution in [2.45, 2.75) is 53.4 Å². The van der Waals surface area contributed by atoms with Gasteiger partial charge in [0.05, 0.1) is 6.61 Å². The van der Waals surface area contributed by atoms with E-state index >= 15 is 0 Å². The molecular weight excluding hydrogens is 252 g/mol. The summed E-state index contributed by atoms with van der Waals surface area (Å²) in [5.74, 6) is -0.00309. The fraction of sp³-hybridized carbons (Fsp3) is 0.588. The predicted molar refractivity (Wildman–Crippen MR) is 81.7 cm³/mol. The lowest BCUT2D eigenvalue weighted by Crippen LogP contribution is -2.18. The molecule has 3 heteroatoms. The van der Waals surface area contributed by atoms with Crippen LogP contribution in [0.15, 0.2) is 18.2 Å². The van der Waals surface area contributed by atoms with Gasteiger partial charge in [0.25, 0.3) is 0 Å². The van der Waals surface area contributed by atoms with E-state index in [1.165, 1.54) is 0 Å². The molecule has 0 bridgehead atoms. The lowest BCUT2D eigenvalue weighted by atomic mass is 9.93. The summed E-state index contributed by atoms with van der Waals surface area (Å²) in [5.41, 5.74) is 1.40. The summed E-state index contributed by atoms with van der Waals surface area (Å²) in [6, 6.07) is 5.46. The largest absolute Gasteiger partial charge is 0.492 e. The molecule has 0 unspecified atom stereocenters. The summed E-state index contributed by atoms with van der Waals surface area (Å²) in [7, 11) is 0. The number of carboxylic acids is 1. The van der Waals surface area contributed by atoms with Gasteiger partial charge < -0.3 is 9.84 Å². The summed E-state index contributed by atoms with van der Waals surface area (Å²) >= 11 is 0. The van der Waals surface area contributed by atoms with Gasteiger partial charge in [-0.25, -0.2) is 4.79 Å². The number of benzene rings is 1. The molecule has 1 aromatic carbocycles. The third-order valence-corrected chi connectivity index (χ3v) is 3.35. The number of carbonyl (C=O) groups is 1. The Bertz CT molecular complexity index is 454. The van der Waals surface area contributed by atoms with Gasteiger partial charge in [0.1, 0.15) is 11.3 Å². The van der Waals surface area contributed by atoms with E-state index in [2.05, 4.69) is 34.6 Å². The van der Waals surface area contributed by atoms with Gasteiger partial charge in [-0.15, -0.1) is 0 Å². The molecule has 0 fully saturated rings. The highest BCUT2D eigenvalue weighted by atomic mass is 16.5. The number of hydrogen-bond donors (Lipinski definition) is 1. The number of hydrogen-bond acceptors (Lipinski definition) is 2. The minimum atomic E-state index is -0.940. The van der Waals surface area contributed by atoms with Gasteiger partial charge >= 0.3 is 5.97 Å². The van der Waals surface area contributed by atoms with Crippen molar-refractivity contribution in [2.75, 3.05) is 6.61 Å². The zero-order valence-corrected chi connectivity index (χ0v) is 13.2. The van der Waals surface area contributed by atoms with Crippen LogP contribution in [0.4, 0.5) is 0 Å². The molecule has 0 aliphatic heterocycles. The van der Waals surface area contributed by atoms with Crippen molar-refractivity contribution in [3.8, 4) is 5.75 Å². The summed E-state index contributed by atoms with van der Waals surface area (Å²) < 4.78 is 5.76. The van der Waals surface area contributed by atoms with E-state index < -0.39 is 5.97 Å². The van der Waals surface area contributed by atoms with Gasteiger partial charge in [-0.05, 0) is 41.9 Å². The summed E-state index contributed by atoms with van der Waals surface area (Å²) in [4.78, 5) is 11.3. The molecule has 0 saturated carbocycles. The van der Waals surface area contributed by atoms with Gasteiger partial charge in [0.15, 0.2) is 0 Å². The smallest absolute Gasteiger partial charge is 0.339 e. The highest BCUT2D eigenvalue weighted by molar-refractivity contribution is 5.91. The zero-order chi connectivity index (χ0) is 15.3. The molecule has 1 aromatic rings. The van der Waals surface area contributed by atoms with Gasteiger partial charge in [-0.2, -0.15) is 0 Å². The topological polar surface area (TPSA) is 46.5 Å². The second-order valence-electron chi connectivity index (χ2n) is 6.42. The molecule has 1 N–H and O–H groups in total. The minimum Gasteiger partial charge on any atom is -0.492 e. The molecule has 0 saturated heterocycles. The van der Waals surface area contributed by atoms with Gasteiger partial charge in [-0.3, -0.25) is 0 Å². The molecule has 112 valence electrons. The Morgan fingerprint density at radius 2 is 1.85 bits per heavy atom. The van der Waals surface area contributed by atoms with Crippen LogP contribution in [0.1, 0.15) is 69.3 Å². The number of carboxylic acid groups (broad SMARTS) is 1. The molecule has 0 heterocycles. The van der Waals surface area contributed by atoms with Crippen LogP contribution in [0.2, 0.25) is 0 Å². The molecular formula is C17H26O3. The van der Waals surface area contributed by atoms with E-state index in [4.69, 9.17) is 4.74 Å². The Kier molecular flexibility index (Phi) is 5.61. The summed E-state index contributed by atoms with van der Waals surface area (Å²) in [5, 5.41) is 9.26. The first-order chi connectivity index (χ1) is 9.28. The Balaban J connectivity index is 3.08. The SMILES string of the molecule is CCC(CC)c1ccc(C(=O)O)c(OCC(C)(C)C)c1. The van der Waals surface area contributed by atoms with Gasteiger partial charge in [-0.1, -0.05) is 40.7 Å². The second kappa shape index (κ2) is 6.78. The number of rotatable bonds is 6. The number of ether oxygens (including phenoxy) is 1. The quantitative estimate of drug-likeness (QED) is 0.819.